The average Bonchev–Trinajstić information content (AvgIpc) is 3.60. The van der Waals surface area contributed by atoms with Gasteiger partial charge >= 0.3 is 5.97 Å². The summed E-state index contributed by atoms with van der Waals surface area (Å²) in [4.78, 5) is 57.4. The van der Waals surface area contributed by atoms with Crippen LogP contribution in [0, 0.1) is 0 Å². The van der Waals surface area contributed by atoms with Crippen molar-refractivity contribution in [2.24, 2.45) is 5.16 Å². The molecule has 3 amide bonds. The molecule has 0 aromatic carbocycles. The second-order valence-electron chi connectivity index (χ2n) is 8.80. The van der Waals surface area contributed by atoms with Crippen LogP contribution >= 0.6 is 23.3 Å². The van der Waals surface area contributed by atoms with E-state index in [2.05, 4.69) is 19.8 Å². The Bertz CT molecular complexity index is 1230. The van der Waals surface area contributed by atoms with Crippen LogP contribution in [-0.4, -0.2) is 88.6 Å². The minimum atomic E-state index is -1.29. The minimum Gasteiger partial charge on any atom is -0.477 e. The number of aliphatic carboxylic acids is 1. The van der Waals surface area contributed by atoms with Gasteiger partial charge in [0.05, 0.1) is 0 Å². The molecule has 2 atom stereocenters. The molecule has 190 valence electrons. The molecule has 5 N–H and O–H groups in total. The Labute approximate surface area is 213 Å². The summed E-state index contributed by atoms with van der Waals surface area (Å²) < 4.78 is 3.82. The third kappa shape index (κ3) is 4.11. The Morgan fingerprint density at radius 3 is 2.64 bits per heavy atom. The number of rotatable bonds is 6. The summed E-state index contributed by atoms with van der Waals surface area (Å²) in [5.41, 5.74) is 5.73. The number of nitrogens with two attached hydrogens (primary N) is 1. The highest BCUT2D eigenvalue weighted by molar-refractivity contribution is 8.00. The average molecular weight is 534 g/mol. The number of anilines is 1. The molecule has 13 nitrogen and oxygen atoms in total. The van der Waals surface area contributed by atoms with Crippen molar-refractivity contribution < 1.29 is 29.5 Å². The van der Waals surface area contributed by atoms with Gasteiger partial charge in [-0.25, -0.2) is 4.79 Å². The number of thioether (sulfide) groups is 1. The molecule has 0 spiro atoms. The van der Waals surface area contributed by atoms with Crippen LogP contribution in [0.4, 0.5) is 5.13 Å². The van der Waals surface area contributed by atoms with Crippen LogP contribution in [0.15, 0.2) is 28.1 Å². The molecule has 4 heterocycles. The standard InChI is InChI=1S/C21H23N7O6S2/c22-21-24-15(26-36-21)12(25-34)16(29)23-13-18(31)28-14(20(32)33)10(8-35-19(13)28)7-9-5-6-27(17(9)30)11-3-1-2-4-11/h7,11,13,19,34H,1-6,8H2,(H,23,29)(H,32,33)(H2,22,24,26)/b9-7+,25-12-/t13-,19-/m1/s1. The quantitative estimate of drug-likeness (QED) is 0.129. The summed E-state index contributed by atoms with van der Waals surface area (Å²) >= 11 is 2.08. The number of β-lactam (4-membered cyclic amide) rings is 1. The van der Waals surface area contributed by atoms with E-state index in [0.717, 1.165) is 42.1 Å². The van der Waals surface area contributed by atoms with E-state index in [1.807, 2.05) is 4.90 Å². The third-order valence-electron chi connectivity index (χ3n) is 6.73. The predicted octanol–water partition coefficient (Wildman–Crippen LogP) is 0.139. The van der Waals surface area contributed by atoms with Gasteiger partial charge in [0.2, 0.25) is 17.4 Å². The number of nitrogen functional groups attached to an aromatic ring is 1. The number of carboxylic acids is 1. The van der Waals surface area contributed by atoms with Gasteiger partial charge in [0.1, 0.15) is 17.1 Å². The first-order valence-electron chi connectivity index (χ1n) is 11.3. The van der Waals surface area contributed by atoms with Crippen LogP contribution in [0.25, 0.3) is 0 Å². The van der Waals surface area contributed by atoms with E-state index in [9.17, 15) is 29.5 Å². The van der Waals surface area contributed by atoms with Gasteiger partial charge in [-0.3, -0.25) is 19.3 Å². The Kier molecular flexibility index (Phi) is 6.42. The summed E-state index contributed by atoms with van der Waals surface area (Å²) in [7, 11) is 0. The molecule has 5 rings (SSSR count). The molecule has 0 unspecified atom stereocenters. The Morgan fingerprint density at radius 1 is 1.25 bits per heavy atom. The second-order valence-corrected chi connectivity index (χ2v) is 10.7. The number of nitrogens with zero attached hydrogens (tertiary/aromatic N) is 5. The first kappa shape index (κ1) is 24.2. The van der Waals surface area contributed by atoms with Crippen molar-refractivity contribution in [2.45, 2.75) is 49.6 Å². The first-order chi connectivity index (χ1) is 17.3. The highest BCUT2D eigenvalue weighted by atomic mass is 32.2. The first-order valence-corrected chi connectivity index (χ1v) is 13.2. The van der Waals surface area contributed by atoms with E-state index < -0.39 is 34.9 Å². The number of carboxylic acid groups (broad SMARTS) is 1. The number of amides is 3. The van der Waals surface area contributed by atoms with Crippen LogP contribution < -0.4 is 11.1 Å². The molecule has 3 fully saturated rings. The van der Waals surface area contributed by atoms with Crippen molar-refractivity contribution in [1.29, 1.82) is 0 Å². The van der Waals surface area contributed by atoms with Gasteiger partial charge in [0.15, 0.2) is 5.13 Å². The monoisotopic (exact) mass is 533 g/mol. The highest BCUT2D eigenvalue weighted by Gasteiger charge is 2.54. The summed E-state index contributed by atoms with van der Waals surface area (Å²) in [6, 6.07) is -0.796. The number of nitrogens with one attached hydrogen (secondary N) is 1. The lowest BCUT2D eigenvalue weighted by Crippen LogP contribution is -2.71. The van der Waals surface area contributed by atoms with E-state index >= 15 is 0 Å². The van der Waals surface area contributed by atoms with Crippen molar-refractivity contribution in [3.63, 3.8) is 0 Å². The molecule has 15 heteroatoms. The van der Waals surface area contributed by atoms with Crippen molar-refractivity contribution in [3.8, 4) is 0 Å². The maximum atomic E-state index is 13.0. The normalized spacial score (nSPS) is 26.0. The van der Waals surface area contributed by atoms with Gasteiger partial charge < -0.3 is 26.3 Å². The lowest BCUT2D eigenvalue weighted by atomic mass is 10.0. The van der Waals surface area contributed by atoms with Crippen molar-refractivity contribution >= 4 is 57.8 Å². The molecule has 1 saturated carbocycles. The fourth-order valence-corrected chi connectivity index (χ4v) is 6.77. The molecule has 1 aromatic heterocycles. The Balaban J connectivity index is 1.33. The number of oxime groups is 1. The van der Waals surface area contributed by atoms with Crippen LogP contribution in [0.1, 0.15) is 37.9 Å². The number of hydrogen-bond acceptors (Lipinski definition) is 11. The topological polar surface area (TPSA) is 191 Å². The summed E-state index contributed by atoms with van der Waals surface area (Å²) in [6.45, 7) is 0.617. The number of carbonyl (C=O) groups is 4. The van der Waals surface area contributed by atoms with E-state index in [-0.39, 0.29) is 34.4 Å². The van der Waals surface area contributed by atoms with Crippen molar-refractivity contribution in [3.05, 3.63) is 28.7 Å². The van der Waals surface area contributed by atoms with Gasteiger partial charge in [0.25, 0.3) is 11.8 Å². The fourth-order valence-electron chi connectivity index (χ4n) is 5.03. The van der Waals surface area contributed by atoms with Crippen LogP contribution in [0.5, 0.6) is 0 Å². The highest BCUT2D eigenvalue weighted by Crippen LogP contribution is 2.41. The van der Waals surface area contributed by atoms with Gasteiger partial charge in [-0.2, -0.15) is 9.36 Å². The third-order valence-corrected chi connectivity index (χ3v) is 8.57. The maximum absolute atomic E-state index is 13.0. The predicted molar refractivity (Wildman–Crippen MR) is 129 cm³/mol. The van der Waals surface area contributed by atoms with E-state index in [1.54, 1.807) is 6.08 Å². The molecule has 1 aromatic rings. The zero-order chi connectivity index (χ0) is 25.6. The maximum Gasteiger partial charge on any atom is 0.352 e. The number of hydrogen-bond donors (Lipinski definition) is 4. The number of fused-ring (bicyclic) bond motifs is 1. The number of carbonyl (C=O) groups excluding carboxylic acids is 3. The van der Waals surface area contributed by atoms with Crippen molar-refractivity contribution in [1.82, 2.24) is 24.5 Å². The Morgan fingerprint density at radius 2 is 2.00 bits per heavy atom. The lowest BCUT2D eigenvalue weighted by Gasteiger charge is -2.49. The van der Waals surface area contributed by atoms with Crippen molar-refractivity contribution in [2.75, 3.05) is 18.0 Å². The molecule has 0 radical (unpaired) electrons. The summed E-state index contributed by atoms with van der Waals surface area (Å²) in [5, 5.41) is 23.9. The molecular weight excluding hydrogens is 510 g/mol. The molecule has 36 heavy (non-hydrogen) atoms. The smallest absolute Gasteiger partial charge is 0.352 e. The summed E-state index contributed by atoms with van der Waals surface area (Å²) in [6.07, 6.45) is 6.33. The second kappa shape index (κ2) is 9.54. The Hall–Kier alpha value is -3.46. The zero-order valence-electron chi connectivity index (χ0n) is 18.9. The van der Waals surface area contributed by atoms with Crippen LogP contribution in [-0.2, 0) is 19.2 Å². The fraction of sp³-hybridized carbons (Fsp3) is 0.476. The molecule has 4 aliphatic rings. The van der Waals surface area contributed by atoms with E-state index in [4.69, 9.17) is 5.73 Å². The van der Waals surface area contributed by atoms with Gasteiger partial charge in [0, 0.05) is 35.4 Å². The lowest BCUT2D eigenvalue weighted by molar-refractivity contribution is -0.150. The number of allylic oxidation sites excluding steroid dienone is 1. The molecule has 0 bridgehead atoms. The minimum absolute atomic E-state index is 0.0673. The number of likely N-dealkylation sites (tertiary alicyclic amines) is 1. The van der Waals surface area contributed by atoms with Gasteiger partial charge in [-0.05, 0) is 30.9 Å². The number of aromatic nitrogens is 2. The van der Waals surface area contributed by atoms with E-state index in [1.165, 1.54) is 11.8 Å². The van der Waals surface area contributed by atoms with Crippen LogP contribution in [0.3, 0.4) is 0 Å². The van der Waals surface area contributed by atoms with E-state index in [0.29, 0.717) is 24.1 Å². The SMILES string of the molecule is Nc1nc(/C(=N/O)C(=O)N[C@@H]2C(=O)N3C(C(=O)O)=C(/C=C4\CCN(C5CCCC5)C4=O)CS[C@H]23)ns1. The molecule has 1 aliphatic carbocycles. The van der Waals surface area contributed by atoms with Gasteiger partial charge in [-0.15, -0.1) is 11.8 Å². The van der Waals surface area contributed by atoms with Gasteiger partial charge in [-0.1, -0.05) is 18.0 Å². The van der Waals surface area contributed by atoms with Crippen LogP contribution in [0.2, 0.25) is 0 Å². The molecule has 2 saturated heterocycles. The molecular formula is C21H23N7O6S2. The summed E-state index contributed by atoms with van der Waals surface area (Å²) in [5.74, 6) is -2.83. The molecule has 3 aliphatic heterocycles. The zero-order valence-corrected chi connectivity index (χ0v) is 20.5. The largest absolute Gasteiger partial charge is 0.477 e.